The van der Waals surface area contributed by atoms with E-state index in [4.69, 9.17) is 18.9 Å². The Labute approximate surface area is 186 Å². The van der Waals surface area contributed by atoms with Crippen molar-refractivity contribution in [3.8, 4) is 0 Å². The standard InChI is InChI=1S/C23H30N2O7/c1-15(22(27)30-4)12-18-16(2)20(29-3)21(32-18)24-11-10-19(26)25(23(24)28)14-31-13-17-8-6-5-7-9-17/h5-11,15-16,18,20-21H,12-14H2,1-4H3/t15?,16?,18-,20+,21-/m1/s1. The number of rotatable bonds is 9. The van der Waals surface area contributed by atoms with E-state index in [0.29, 0.717) is 6.42 Å². The average molecular weight is 447 g/mol. The van der Waals surface area contributed by atoms with Gasteiger partial charge in [0.05, 0.1) is 25.7 Å². The summed E-state index contributed by atoms with van der Waals surface area (Å²) in [6.07, 6.45) is 0.352. The lowest BCUT2D eigenvalue weighted by Gasteiger charge is -2.22. The summed E-state index contributed by atoms with van der Waals surface area (Å²) < 4.78 is 24.6. The van der Waals surface area contributed by atoms with Crippen LogP contribution in [0.1, 0.15) is 32.1 Å². The van der Waals surface area contributed by atoms with Crippen LogP contribution < -0.4 is 11.2 Å². The number of hydrogen-bond acceptors (Lipinski definition) is 7. The molecule has 1 aromatic carbocycles. The second kappa shape index (κ2) is 10.7. The second-order valence-electron chi connectivity index (χ2n) is 8.02. The van der Waals surface area contributed by atoms with Crippen LogP contribution >= 0.6 is 0 Å². The van der Waals surface area contributed by atoms with E-state index in [1.54, 1.807) is 14.0 Å². The average Bonchev–Trinajstić information content (AvgIpc) is 3.10. The first kappa shape index (κ1) is 23.9. The van der Waals surface area contributed by atoms with Gasteiger partial charge in [0.15, 0.2) is 6.23 Å². The molecule has 1 aromatic heterocycles. The van der Waals surface area contributed by atoms with E-state index in [1.165, 1.54) is 23.9 Å². The van der Waals surface area contributed by atoms with Crippen LogP contribution in [0, 0.1) is 11.8 Å². The Morgan fingerprint density at radius 1 is 1.16 bits per heavy atom. The third kappa shape index (κ3) is 5.17. The lowest BCUT2D eigenvalue weighted by molar-refractivity contribution is -0.146. The van der Waals surface area contributed by atoms with Gasteiger partial charge in [0, 0.05) is 25.3 Å². The van der Waals surface area contributed by atoms with Gasteiger partial charge in [0.2, 0.25) is 0 Å². The van der Waals surface area contributed by atoms with Crippen LogP contribution in [-0.4, -0.2) is 41.5 Å². The Kier molecular flexibility index (Phi) is 8.00. The Bertz CT molecular complexity index is 1020. The van der Waals surface area contributed by atoms with Gasteiger partial charge < -0.3 is 18.9 Å². The molecular weight excluding hydrogens is 416 g/mol. The maximum absolute atomic E-state index is 13.1. The molecule has 0 saturated carbocycles. The zero-order valence-corrected chi connectivity index (χ0v) is 18.8. The molecule has 0 spiro atoms. The summed E-state index contributed by atoms with van der Waals surface area (Å²) in [5.41, 5.74) is -0.0755. The van der Waals surface area contributed by atoms with Crippen LogP contribution in [0.15, 0.2) is 52.2 Å². The number of ether oxygens (including phenoxy) is 4. The van der Waals surface area contributed by atoms with E-state index in [9.17, 15) is 14.4 Å². The minimum Gasteiger partial charge on any atom is -0.469 e. The molecule has 174 valence electrons. The normalized spacial score (nSPS) is 23.8. The first-order valence-corrected chi connectivity index (χ1v) is 10.6. The van der Waals surface area contributed by atoms with Crippen LogP contribution in [0.5, 0.6) is 0 Å². The van der Waals surface area contributed by atoms with E-state index < -0.39 is 23.6 Å². The molecule has 2 heterocycles. The molecule has 32 heavy (non-hydrogen) atoms. The molecular formula is C23H30N2O7. The smallest absolute Gasteiger partial charge is 0.335 e. The van der Waals surface area contributed by atoms with E-state index in [2.05, 4.69) is 0 Å². The molecule has 0 bridgehead atoms. The van der Waals surface area contributed by atoms with Crippen molar-refractivity contribution >= 4 is 5.97 Å². The third-order valence-electron chi connectivity index (χ3n) is 5.86. The Morgan fingerprint density at radius 2 is 1.88 bits per heavy atom. The minimum absolute atomic E-state index is 0.0845. The van der Waals surface area contributed by atoms with Crippen molar-refractivity contribution in [1.29, 1.82) is 0 Å². The van der Waals surface area contributed by atoms with Gasteiger partial charge in [-0.05, 0) is 12.0 Å². The van der Waals surface area contributed by atoms with Gasteiger partial charge >= 0.3 is 11.7 Å². The van der Waals surface area contributed by atoms with E-state index in [-0.39, 0.29) is 37.2 Å². The van der Waals surface area contributed by atoms with Gasteiger partial charge in [-0.25, -0.2) is 9.36 Å². The number of carbonyl (C=O) groups excluding carboxylic acids is 1. The fourth-order valence-corrected chi connectivity index (χ4v) is 4.00. The number of aromatic nitrogens is 2. The summed E-state index contributed by atoms with van der Waals surface area (Å²) in [6, 6.07) is 10.8. The van der Waals surface area contributed by atoms with E-state index in [0.717, 1.165) is 10.1 Å². The molecule has 3 rings (SSSR count). The van der Waals surface area contributed by atoms with Gasteiger partial charge in [-0.1, -0.05) is 44.2 Å². The highest BCUT2D eigenvalue weighted by atomic mass is 16.6. The van der Waals surface area contributed by atoms with Crippen molar-refractivity contribution < 1.29 is 23.7 Å². The molecule has 1 aliphatic rings. The summed E-state index contributed by atoms with van der Waals surface area (Å²) in [7, 11) is 2.90. The van der Waals surface area contributed by atoms with E-state index in [1.807, 2.05) is 37.3 Å². The highest BCUT2D eigenvalue weighted by Gasteiger charge is 2.44. The highest BCUT2D eigenvalue weighted by Crippen LogP contribution is 2.37. The van der Waals surface area contributed by atoms with Crippen LogP contribution in [0.2, 0.25) is 0 Å². The molecule has 0 amide bonds. The van der Waals surface area contributed by atoms with Crippen molar-refractivity contribution in [2.24, 2.45) is 11.8 Å². The molecule has 5 atom stereocenters. The maximum Gasteiger partial charge on any atom is 0.335 e. The van der Waals surface area contributed by atoms with Gasteiger partial charge in [0.1, 0.15) is 12.8 Å². The van der Waals surface area contributed by atoms with Crippen molar-refractivity contribution in [2.45, 2.75) is 52.0 Å². The van der Waals surface area contributed by atoms with Crippen LogP contribution in [0.3, 0.4) is 0 Å². The zero-order chi connectivity index (χ0) is 23.3. The van der Waals surface area contributed by atoms with Gasteiger partial charge in [-0.3, -0.25) is 14.2 Å². The van der Waals surface area contributed by atoms with E-state index >= 15 is 0 Å². The van der Waals surface area contributed by atoms with Crippen molar-refractivity contribution in [2.75, 3.05) is 14.2 Å². The molecule has 9 heteroatoms. The number of methoxy groups -OCH3 is 2. The molecule has 2 aromatic rings. The zero-order valence-electron chi connectivity index (χ0n) is 18.8. The predicted molar refractivity (Wildman–Crippen MR) is 116 cm³/mol. The predicted octanol–water partition coefficient (Wildman–Crippen LogP) is 1.93. The van der Waals surface area contributed by atoms with Gasteiger partial charge in [-0.15, -0.1) is 0 Å². The Morgan fingerprint density at radius 3 is 2.53 bits per heavy atom. The van der Waals surface area contributed by atoms with Crippen molar-refractivity contribution in [3.63, 3.8) is 0 Å². The van der Waals surface area contributed by atoms with Crippen LogP contribution in [-0.2, 0) is 37.1 Å². The maximum atomic E-state index is 13.1. The lowest BCUT2D eigenvalue weighted by atomic mass is 9.93. The Hall–Kier alpha value is -2.75. The topological polar surface area (TPSA) is 98.0 Å². The highest BCUT2D eigenvalue weighted by molar-refractivity contribution is 5.71. The van der Waals surface area contributed by atoms with Crippen molar-refractivity contribution in [1.82, 2.24) is 9.13 Å². The largest absolute Gasteiger partial charge is 0.469 e. The lowest BCUT2D eigenvalue weighted by Crippen LogP contribution is -2.43. The van der Waals surface area contributed by atoms with Gasteiger partial charge in [-0.2, -0.15) is 0 Å². The molecule has 1 saturated heterocycles. The summed E-state index contributed by atoms with van der Waals surface area (Å²) in [6.45, 7) is 3.81. The molecule has 0 aliphatic carbocycles. The summed E-state index contributed by atoms with van der Waals surface area (Å²) >= 11 is 0. The van der Waals surface area contributed by atoms with Gasteiger partial charge in [0.25, 0.3) is 5.56 Å². The van der Waals surface area contributed by atoms with Crippen LogP contribution in [0.25, 0.3) is 0 Å². The summed E-state index contributed by atoms with van der Waals surface area (Å²) in [4.78, 5) is 37.3. The first-order chi connectivity index (χ1) is 15.4. The number of benzene rings is 1. The molecule has 2 unspecified atom stereocenters. The summed E-state index contributed by atoms with van der Waals surface area (Å²) in [5, 5.41) is 0. The number of esters is 1. The second-order valence-corrected chi connectivity index (χ2v) is 8.02. The molecule has 1 aliphatic heterocycles. The first-order valence-electron chi connectivity index (χ1n) is 10.6. The monoisotopic (exact) mass is 446 g/mol. The fraction of sp³-hybridized carbons (Fsp3) is 0.522. The van der Waals surface area contributed by atoms with Crippen molar-refractivity contribution in [3.05, 3.63) is 69.0 Å². The molecule has 1 fully saturated rings. The van der Waals surface area contributed by atoms with Crippen LogP contribution in [0.4, 0.5) is 0 Å². The minimum atomic E-state index is -0.738. The SMILES string of the molecule is COC(=O)C(C)C[C@H]1O[C@@H](n2ccc(=O)n(COCc3ccccc3)c2=O)[C@@H](OC)C1C. The summed E-state index contributed by atoms with van der Waals surface area (Å²) in [5.74, 6) is -0.765. The quantitative estimate of drug-likeness (QED) is 0.543. The molecule has 0 N–H and O–H groups in total. The fourth-order valence-electron chi connectivity index (χ4n) is 4.00. The number of hydrogen-bond donors (Lipinski definition) is 0. The molecule has 9 nitrogen and oxygen atoms in total. The number of carbonyl (C=O) groups is 1. The third-order valence-corrected chi connectivity index (χ3v) is 5.86. The molecule has 0 radical (unpaired) electrons. The number of nitrogens with zero attached hydrogens (tertiary/aromatic N) is 2. The Balaban J connectivity index is 1.78.